The summed E-state index contributed by atoms with van der Waals surface area (Å²) < 4.78 is 59.7. The van der Waals surface area contributed by atoms with E-state index in [4.69, 9.17) is 58.5 Å². The van der Waals surface area contributed by atoms with Gasteiger partial charge in [0.2, 0.25) is 5.91 Å². The minimum atomic E-state index is -0.109. The van der Waals surface area contributed by atoms with Gasteiger partial charge in [-0.15, -0.1) is 6.42 Å². The molecule has 13 heteroatoms. The number of rotatable bonds is 33. The van der Waals surface area contributed by atoms with Gasteiger partial charge in [-0.25, -0.2) is 0 Å². The number of carbonyl (C=O) groups excluding carboxylic acids is 1. The fraction of sp³-hybridized carbons (Fsp3) is 0.710. The van der Waals surface area contributed by atoms with E-state index in [0.29, 0.717) is 144 Å². The average molecular weight is 630 g/mol. The molecule has 1 amide bonds. The van der Waals surface area contributed by atoms with E-state index in [1.807, 2.05) is 0 Å². The molecule has 44 heavy (non-hydrogen) atoms. The Balaban J connectivity index is 1.67. The van der Waals surface area contributed by atoms with Crippen molar-refractivity contribution in [2.24, 2.45) is 0 Å². The fourth-order valence-corrected chi connectivity index (χ4v) is 3.17. The zero-order chi connectivity index (χ0) is 31.6. The molecule has 0 saturated heterocycles. The summed E-state index contributed by atoms with van der Waals surface area (Å²) >= 11 is 0. The largest absolute Gasteiger partial charge is 0.491 e. The molecule has 252 valence electrons. The maximum atomic E-state index is 11.0. The zero-order valence-corrected chi connectivity index (χ0v) is 26.1. The third-order valence-electron chi connectivity index (χ3n) is 5.20. The van der Waals surface area contributed by atoms with Crippen LogP contribution in [-0.4, -0.2) is 145 Å². The molecule has 0 aliphatic heterocycles. The monoisotopic (exact) mass is 629 g/mol. The minimum Gasteiger partial charge on any atom is -0.491 e. The van der Waals surface area contributed by atoms with E-state index >= 15 is 0 Å². The van der Waals surface area contributed by atoms with Gasteiger partial charge in [0.05, 0.1) is 126 Å². The number of anilines is 1. The third kappa shape index (κ3) is 28.4. The highest BCUT2D eigenvalue weighted by Gasteiger charge is 1.99. The van der Waals surface area contributed by atoms with Gasteiger partial charge in [-0.2, -0.15) is 0 Å². The maximum absolute atomic E-state index is 11.0. The minimum absolute atomic E-state index is 0.109. The first-order valence-electron chi connectivity index (χ1n) is 14.9. The van der Waals surface area contributed by atoms with Crippen LogP contribution >= 0.6 is 0 Å². The number of hydrogen-bond acceptors (Lipinski definition) is 12. The van der Waals surface area contributed by atoms with Crippen molar-refractivity contribution in [3.63, 3.8) is 0 Å². The summed E-state index contributed by atoms with van der Waals surface area (Å²) in [5.41, 5.74) is 0.731. The summed E-state index contributed by atoms with van der Waals surface area (Å²) in [5.74, 6) is 3.00. The van der Waals surface area contributed by atoms with Crippen LogP contribution in [0.1, 0.15) is 6.92 Å². The van der Waals surface area contributed by atoms with Crippen LogP contribution in [0.2, 0.25) is 0 Å². The third-order valence-corrected chi connectivity index (χ3v) is 5.20. The van der Waals surface area contributed by atoms with Gasteiger partial charge in [0.15, 0.2) is 0 Å². The van der Waals surface area contributed by atoms with E-state index in [1.54, 1.807) is 24.3 Å². The van der Waals surface area contributed by atoms with Crippen LogP contribution in [0, 0.1) is 12.3 Å². The molecule has 0 radical (unpaired) electrons. The van der Waals surface area contributed by atoms with Gasteiger partial charge in [0.25, 0.3) is 0 Å². The van der Waals surface area contributed by atoms with Crippen molar-refractivity contribution in [1.82, 2.24) is 0 Å². The Kier molecular flexibility index (Phi) is 28.9. The normalized spacial score (nSPS) is 11.0. The van der Waals surface area contributed by atoms with Crippen LogP contribution in [0.3, 0.4) is 0 Å². The predicted octanol–water partition coefficient (Wildman–Crippen LogP) is 1.82. The molecule has 0 spiro atoms. The molecule has 0 heterocycles. The van der Waals surface area contributed by atoms with Gasteiger partial charge in [-0.3, -0.25) is 4.79 Å². The lowest BCUT2D eigenvalue weighted by Gasteiger charge is -2.09. The molecule has 0 aliphatic carbocycles. The Morgan fingerprint density at radius 2 is 0.818 bits per heavy atom. The summed E-state index contributed by atoms with van der Waals surface area (Å²) in [7, 11) is 0. The Morgan fingerprint density at radius 3 is 1.11 bits per heavy atom. The Hall–Kier alpha value is -2.35. The molecule has 0 aromatic heterocycles. The lowest BCUT2D eigenvalue weighted by molar-refractivity contribution is -0.114. The summed E-state index contributed by atoms with van der Waals surface area (Å²) in [6.07, 6.45) is 5.08. The first-order valence-corrected chi connectivity index (χ1v) is 14.9. The number of nitrogens with one attached hydrogen (secondary N) is 1. The summed E-state index contributed by atoms with van der Waals surface area (Å²) in [6.45, 7) is 11.6. The lowest BCUT2D eigenvalue weighted by Crippen LogP contribution is -2.15. The number of benzene rings is 1. The topological polar surface area (TPSA) is 131 Å². The smallest absolute Gasteiger partial charge is 0.221 e. The molecular formula is C31H51NO12. The SMILES string of the molecule is C#CCOCCOCCOCCOCCOCCOCCOCCOCCOCCOCCOc1ccc(NC(C)=O)cc1. The summed E-state index contributed by atoms with van der Waals surface area (Å²) in [5, 5.41) is 2.71. The number of ether oxygens (including phenoxy) is 11. The molecule has 0 unspecified atom stereocenters. The summed E-state index contributed by atoms with van der Waals surface area (Å²) in [4.78, 5) is 11.0. The van der Waals surface area contributed by atoms with Crippen LogP contribution in [0.15, 0.2) is 24.3 Å². The fourth-order valence-electron chi connectivity index (χ4n) is 3.17. The van der Waals surface area contributed by atoms with E-state index in [2.05, 4.69) is 11.2 Å². The highest BCUT2D eigenvalue weighted by atomic mass is 16.6. The number of terminal acetylenes is 1. The number of hydrogen-bond donors (Lipinski definition) is 1. The van der Waals surface area contributed by atoms with Crippen molar-refractivity contribution in [1.29, 1.82) is 0 Å². The van der Waals surface area contributed by atoms with E-state index in [1.165, 1.54) is 6.92 Å². The van der Waals surface area contributed by atoms with Crippen LogP contribution < -0.4 is 10.1 Å². The maximum Gasteiger partial charge on any atom is 0.221 e. The molecule has 1 N–H and O–H groups in total. The summed E-state index contributed by atoms with van der Waals surface area (Å²) in [6, 6.07) is 7.17. The van der Waals surface area contributed by atoms with Crippen molar-refractivity contribution in [2.45, 2.75) is 6.92 Å². The molecular weight excluding hydrogens is 578 g/mol. The Morgan fingerprint density at radius 1 is 0.523 bits per heavy atom. The van der Waals surface area contributed by atoms with Crippen molar-refractivity contribution in [2.75, 3.05) is 144 Å². The second kappa shape index (κ2) is 32.1. The molecule has 0 saturated carbocycles. The van der Waals surface area contributed by atoms with Gasteiger partial charge >= 0.3 is 0 Å². The molecule has 1 aromatic rings. The second-order valence-corrected chi connectivity index (χ2v) is 8.82. The first kappa shape index (κ1) is 39.7. The predicted molar refractivity (Wildman–Crippen MR) is 163 cm³/mol. The van der Waals surface area contributed by atoms with Gasteiger partial charge in [0, 0.05) is 12.6 Å². The van der Waals surface area contributed by atoms with Crippen LogP contribution in [0.25, 0.3) is 0 Å². The van der Waals surface area contributed by atoms with Crippen molar-refractivity contribution < 1.29 is 56.9 Å². The first-order chi connectivity index (χ1) is 21.7. The highest BCUT2D eigenvalue weighted by molar-refractivity contribution is 5.88. The van der Waals surface area contributed by atoms with Crippen molar-refractivity contribution >= 4 is 11.6 Å². The van der Waals surface area contributed by atoms with Gasteiger partial charge in [-0.05, 0) is 24.3 Å². The standard InChI is InChI=1S/C31H51NO12/c1-3-8-34-9-10-35-11-12-36-13-14-37-15-16-38-17-18-39-19-20-40-21-22-41-23-24-42-25-26-43-27-28-44-31-6-4-30(5-7-31)32-29(2)33/h1,4-7H,8-28H2,2H3,(H,32,33). The van der Waals surface area contributed by atoms with Crippen molar-refractivity contribution in [3.05, 3.63) is 24.3 Å². The Labute approximate surface area is 262 Å². The van der Waals surface area contributed by atoms with Gasteiger partial charge < -0.3 is 57.4 Å². The lowest BCUT2D eigenvalue weighted by atomic mass is 10.3. The second-order valence-electron chi connectivity index (χ2n) is 8.82. The van der Waals surface area contributed by atoms with E-state index in [9.17, 15) is 4.79 Å². The molecule has 0 fully saturated rings. The van der Waals surface area contributed by atoms with Crippen LogP contribution in [-0.2, 0) is 52.2 Å². The van der Waals surface area contributed by atoms with Gasteiger partial charge in [0.1, 0.15) is 19.0 Å². The van der Waals surface area contributed by atoms with Crippen LogP contribution in [0.5, 0.6) is 5.75 Å². The average Bonchev–Trinajstić information content (AvgIpc) is 3.02. The van der Waals surface area contributed by atoms with Gasteiger partial charge in [-0.1, -0.05) is 5.92 Å². The molecule has 1 rings (SSSR count). The van der Waals surface area contributed by atoms with E-state index in [-0.39, 0.29) is 5.91 Å². The molecule has 13 nitrogen and oxygen atoms in total. The van der Waals surface area contributed by atoms with E-state index < -0.39 is 0 Å². The van der Waals surface area contributed by atoms with Crippen molar-refractivity contribution in [3.8, 4) is 18.1 Å². The van der Waals surface area contributed by atoms with E-state index in [0.717, 1.165) is 5.69 Å². The quantitative estimate of drug-likeness (QED) is 0.0899. The number of carbonyl (C=O) groups is 1. The van der Waals surface area contributed by atoms with Crippen LogP contribution in [0.4, 0.5) is 5.69 Å². The number of amides is 1. The molecule has 0 bridgehead atoms. The zero-order valence-electron chi connectivity index (χ0n) is 26.1. The molecule has 1 aromatic carbocycles. The highest BCUT2D eigenvalue weighted by Crippen LogP contribution is 2.15. The molecule has 0 atom stereocenters. The molecule has 0 aliphatic rings. The Bertz CT molecular complexity index is 806.